The van der Waals surface area contributed by atoms with Crippen molar-refractivity contribution in [2.24, 2.45) is 17.3 Å². The number of hydrogen-bond donors (Lipinski definition) is 1. The first-order valence-corrected chi connectivity index (χ1v) is 4.64. The van der Waals surface area contributed by atoms with Crippen molar-refractivity contribution in [1.29, 1.82) is 5.41 Å². The predicted molar refractivity (Wildman–Crippen MR) is 53.6 cm³/mol. The van der Waals surface area contributed by atoms with Crippen LogP contribution in [0.25, 0.3) is 0 Å². The van der Waals surface area contributed by atoms with E-state index in [1.807, 2.05) is 0 Å². The molecule has 0 saturated heterocycles. The Morgan fingerprint density at radius 1 is 1.50 bits per heavy atom. The molecule has 12 heavy (non-hydrogen) atoms. The van der Waals surface area contributed by atoms with Gasteiger partial charge in [0, 0.05) is 0 Å². The van der Waals surface area contributed by atoms with Gasteiger partial charge in [0.15, 0.2) is 0 Å². The highest BCUT2D eigenvalue weighted by molar-refractivity contribution is 5.21. The van der Waals surface area contributed by atoms with Gasteiger partial charge < -0.3 is 5.41 Å². The lowest BCUT2D eigenvalue weighted by atomic mass is 9.49. The van der Waals surface area contributed by atoms with Crippen LogP contribution in [0.1, 0.15) is 33.6 Å². The summed E-state index contributed by atoms with van der Waals surface area (Å²) in [4.78, 5) is 0. The second-order valence-electron chi connectivity index (χ2n) is 4.49. The zero-order valence-corrected chi connectivity index (χ0v) is 8.35. The number of nitrogens with one attached hydrogen (secondary N) is 1. The maximum atomic E-state index is 5.50. The lowest BCUT2D eigenvalue weighted by Gasteiger charge is -2.56. The molecule has 1 N–H and O–H groups in total. The van der Waals surface area contributed by atoms with Gasteiger partial charge in [0.05, 0.1) is 0 Å². The molecule has 1 nitrogen and oxygen atoms in total. The molecule has 0 heterocycles. The van der Waals surface area contributed by atoms with Crippen LogP contribution in [-0.4, -0.2) is 6.72 Å². The highest BCUT2D eigenvalue weighted by Gasteiger charge is 2.49. The van der Waals surface area contributed by atoms with Crippen LogP contribution >= 0.6 is 0 Å². The molecule has 1 fully saturated rings. The maximum absolute atomic E-state index is 5.50. The van der Waals surface area contributed by atoms with Gasteiger partial charge in [-0.05, 0) is 43.7 Å². The van der Waals surface area contributed by atoms with Gasteiger partial charge >= 0.3 is 0 Å². The summed E-state index contributed by atoms with van der Waals surface area (Å²) in [7, 11) is 0. The smallest absolute Gasteiger partial charge is 0.0149 e. The van der Waals surface area contributed by atoms with E-state index in [9.17, 15) is 0 Å². The zero-order valence-electron chi connectivity index (χ0n) is 8.35. The van der Waals surface area contributed by atoms with E-state index >= 15 is 0 Å². The van der Waals surface area contributed by atoms with Crippen molar-refractivity contribution < 1.29 is 0 Å². The molecule has 0 aliphatic heterocycles. The molecule has 1 saturated carbocycles. The Hall–Kier alpha value is -0.590. The molecule has 68 valence electrons. The Kier molecular flexibility index (Phi) is 2.41. The van der Waals surface area contributed by atoms with Crippen LogP contribution in [0.2, 0.25) is 0 Å². The topological polar surface area (TPSA) is 23.9 Å². The molecule has 2 atom stereocenters. The highest BCUT2D eigenvalue weighted by atomic mass is 14.5. The van der Waals surface area contributed by atoms with Gasteiger partial charge in [-0.2, -0.15) is 0 Å². The molecule has 2 unspecified atom stereocenters. The number of rotatable bonds is 0. The average molecular weight is 165 g/mol. The first kappa shape index (κ1) is 9.50. The Morgan fingerprint density at radius 3 is 2.33 bits per heavy atom. The first-order valence-electron chi connectivity index (χ1n) is 4.64. The quantitative estimate of drug-likeness (QED) is 0.421. The van der Waals surface area contributed by atoms with Gasteiger partial charge in [0.25, 0.3) is 0 Å². The minimum atomic E-state index is 0.638. The van der Waals surface area contributed by atoms with Crippen LogP contribution in [0, 0.1) is 22.7 Å². The number of hydrogen-bond acceptors (Lipinski definition) is 1. The second-order valence-corrected chi connectivity index (χ2v) is 4.49. The molecule has 0 aromatic heterocycles. The summed E-state index contributed by atoms with van der Waals surface area (Å²) >= 11 is 0. The van der Waals surface area contributed by atoms with Gasteiger partial charge in [-0.3, -0.25) is 0 Å². The van der Waals surface area contributed by atoms with Crippen LogP contribution in [0.15, 0.2) is 11.6 Å². The molecular formula is C11H19N. The van der Waals surface area contributed by atoms with E-state index in [-0.39, 0.29) is 0 Å². The van der Waals surface area contributed by atoms with Crippen molar-refractivity contribution >= 4 is 6.72 Å². The molecule has 1 heteroatoms. The SMILES string of the molecule is C=N.CC1=CCC2CC1C2(C)C. The predicted octanol–water partition coefficient (Wildman–Crippen LogP) is 3.26. The van der Waals surface area contributed by atoms with Crippen LogP contribution in [-0.2, 0) is 0 Å². The van der Waals surface area contributed by atoms with Gasteiger partial charge in [-0.1, -0.05) is 25.5 Å². The van der Waals surface area contributed by atoms with Gasteiger partial charge in [0.1, 0.15) is 0 Å². The number of allylic oxidation sites excluding steroid dienone is 2. The molecule has 0 radical (unpaired) electrons. The molecule has 0 aromatic carbocycles. The summed E-state index contributed by atoms with van der Waals surface area (Å²) in [5.41, 5.74) is 2.28. The highest BCUT2D eigenvalue weighted by Crippen LogP contribution is 2.58. The van der Waals surface area contributed by atoms with Gasteiger partial charge in [0.2, 0.25) is 0 Å². The summed E-state index contributed by atoms with van der Waals surface area (Å²) in [6.45, 7) is 9.63. The fraction of sp³-hybridized carbons (Fsp3) is 0.727. The summed E-state index contributed by atoms with van der Waals surface area (Å²) in [5.74, 6) is 1.92. The van der Waals surface area contributed by atoms with Crippen molar-refractivity contribution in [3.8, 4) is 0 Å². The third kappa shape index (κ3) is 1.12. The summed E-state index contributed by atoms with van der Waals surface area (Å²) in [5, 5.41) is 5.50. The molecule has 3 aliphatic carbocycles. The normalized spacial score (nSPS) is 35.4. The monoisotopic (exact) mass is 165 g/mol. The third-order valence-electron chi connectivity index (χ3n) is 3.74. The fourth-order valence-corrected chi connectivity index (χ4v) is 2.66. The van der Waals surface area contributed by atoms with Crippen molar-refractivity contribution in [2.45, 2.75) is 33.6 Å². The van der Waals surface area contributed by atoms with E-state index in [1.165, 1.54) is 12.8 Å². The first-order chi connectivity index (χ1) is 5.62. The Balaban J connectivity index is 0.000000336. The fourth-order valence-electron chi connectivity index (χ4n) is 2.66. The van der Waals surface area contributed by atoms with Crippen LogP contribution in [0.3, 0.4) is 0 Å². The average Bonchev–Trinajstić information content (AvgIpc) is 2.07. The van der Waals surface area contributed by atoms with Gasteiger partial charge in [-0.25, -0.2) is 0 Å². The maximum Gasteiger partial charge on any atom is -0.0149 e. The van der Waals surface area contributed by atoms with E-state index in [4.69, 9.17) is 5.41 Å². The summed E-state index contributed by atoms with van der Waals surface area (Å²) < 4.78 is 0. The third-order valence-corrected chi connectivity index (χ3v) is 3.74. The minimum Gasteiger partial charge on any atom is -0.317 e. The lowest BCUT2D eigenvalue weighted by molar-refractivity contribution is -0.00579. The summed E-state index contributed by atoms with van der Waals surface area (Å²) in [6, 6.07) is 0. The van der Waals surface area contributed by atoms with E-state index in [0.717, 1.165) is 11.8 Å². The van der Waals surface area contributed by atoms with E-state index in [0.29, 0.717) is 5.41 Å². The molecule has 0 aromatic rings. The second kappa shape index (κ2) is 3.04. The molecule has 0 amide bonds. The van der Waals surface area contributed by atoms with Crippen molar-refractivity contribution in [1.82, 2.24) is 0 Å². The lowest BCUT2D eigenvalue weighted by Crippen LogP contribution is -2.47. The largest absolute Gasteiger partial charge is 0.317 e. The van der Waals surface area contributed by atoms with Gasteiger partial charge in [-0.15, -0.1) is 0 Å². The Morgan fingerprint density at radius 2 is 2.08 bits per heavy atom. The zero-order chi connectivity index (χ0) is 9.35. The van der Waals surface area contributed by atoms with Crippen LogP contribution in [0.4, 0.5) is 0 Å². The van der Waals surface area contributed by atoms with Crippen LogP contribution in [0.5, 0.6) is 0 Å². The number of fused-ring (bicyclic) bond motifs is 1. The molecule has 3 rings (SSSR count). The van der Waals surface area contributed by atoms with Crippen LogP contribution < -0.4 is 0 Å². The Labute approximate surface area is 75.4 Å². The molecule has 3 aliphatic rings. The standard InChI is InChI=1S/C10H16.CH3N/c1-7-4-5-8-6-9(7)10(8,2)3;1-2/h4,8-9H,5-6H2,1-3H3;2H,1H2. The summed E-state index contributed by atoms with van der Waals surface area (Å²) in [6.07, 6.45) is 5.24. The van der Waals surface area contributed by atoms with E-state index in [1.54, 1.807) is 5.57 Å². The molecular weight excluding hydrogens is 146 g/mol. The van der Waals surface area contributed by atoms with Crippen molar-refractivity contribution in [3.63, 3.8) is 0 Å². The molecule has 2 bridgehead atoms. The molecule has 0 spiro atoms. The van der Waals surface area contributed by atoms with E-state index < -0.39 is 0 Å². The minimum absolute atomic E-state index is 0.638. The van der Waals surface area contributed by atoms with Crippen molar-refractivity contribution in [2.75, 3.05) is 0 Å². The van der Waals surface area contributed by atoms with E-state index in [2.05, 4.69) is 33.6 Å². The Bertz CT molecular complexity index is 203. The van der Waals surface area contributed by atoms with Crippen molar-refractivity contribution in [3.05, 3.63) is 11.6 Å².